The van der Waals surface area contributed by atoms with Crippen LogP contribution < -0.4 is 0 Å². The molecule has 10 heavy (non-hydrogen) atoms. The van der Waals surface area contributed by atoms with E-state index in [0.717, 1.165) is 24.8 Å². The highest BCUT2D eigenvalue weighted by Crippen LogP contribution is 2.39. The van der Waals surface area contributed by atoms with E-state index >= 15 is 0 Å². The van der Waals surface area contributed by atoms with Crippen LogP contribution in [-0.2, 0) is 0 Å². The lowest BCUT2D eigenvalue weighted by atomic mass is 10.0. The Morgan fingerprint density at radius 2 is 1.90 bits per heavy atom. The number of hydrogen-bond donors (Lipinski definition) is 0. The van der Waals surface area contributed by atoms with Gasteiger partial charge in [0, 0.05) is 0 Å². The van der Waals surface area contributed by atoms with Gasteiger partial charge in [0.2, 0.25) is 3.79 Å². The minimum atomic E-state index is -1.15. The first-order valence-corrected chi connectivity index (χ1v) is 4.50. The van der Waals surface area contributed by atoms with Crippen LogP contribution in [0.2, 0.25) is 0 Å². The van der Waals surface area contributed by atoms with Gasteiger partial charge >= 0.3 is 0 Å². The molecule has 58 valence electrons. The third-order valence-corrected chi connectivity index (χ3v) is 2.38. The summed E-state index contributed by atoms with van der Waals surface area (Å²) in [5.74, 6) is 0. The normalized spacial score (nSPS) is 20.5. The fraction of sp³-hybridized carbons (Fsp3) is 0.714. The molecule has 0 amide bonds. The second kappa shape index (κ2) is 3.34. The summed E-state index contributed by atoms with van der Waals surface area (Å²) >= 11 is 17.0. The summed E-state index contributed by atoms with van der Waals surface area (Å²) in [7, 11) is 0. The number of hydrogen-bond acceptors (Lipinski definition) is 0. The van der Waals surface area contributed by atoms with Gasteiger partial charge in [0.15, 0.2) is 0 Å². The summed E-state index contributed by atoms with van der Waals surface area (Å²) in [6.07, 6.45) is 6.42. The van der Waals surface area contributed by atoms with E-state index < -0.39 is 3.79 Å². The lowest BCUT2D eigenvalue weighted by Gasteiger charge is -2.19. The quantitative estimate of drug-likeness (QED) is 0.411. The van der Waals surface area contributed by atoms with Crippen LogP contribution in [0.4, 0.5) is 0 Å². The van der Waals surface area contributed by atoms with Crippen molar-refractivity contribution in [1.82, 2.24) is 0 Å². The Hall–Kier alpha value is 0.610. The van der Waals surface area contributed by atoms with E-state index in [4.69, 9.17) is 34.8 Å². The van der Waals surface area contributed by atoms with Gasteiger partial charge < -0.3 is 0 Å². The first-order chi connectivity index (χ1) is 4.61. The van der Waals surface area contributed by atoms with E-state index in [9.17, 15) is 0 Å². The van der Waals surface area contributed by atoms with Gasteiger partial charge in [-0.1, -0.05) is 40.9 Å². The molecule has 1 aliphatic carbocycles. The monoisotopic (exact) mass is 198 g/mol. The Morgan fingerprint density at radius 1 is 1.20 bits per heavy atom. The molecule has 0 unspecified atom stereocenters. The van der Waals surface area contributed by atoms with Crippen molar-refractivity contribution in [2.75, 3.05) is 0 Å². The van der Waals surface area contributed by atoms with Crippen LogP contribution in [0.5, 0.6) is 0 Å². The first kappa shape index (κ1) is 8.70. The molecule has 0 saturated heterocycles. The molecule has 0 spiro atoms. The van der Waals surface area contributed by atoms with Crippen LogP contribution in [0.1, 0.15) is 25.7 Å². The molecule has 3 heteroatoms. The van der Waals surface area contributed by atoms with Crippen molar-refractivity contribution < 1.29 is 0 Å². The molecule has 0 aliphatic heterocycles. The van der Waals surface area contributed by atoms with E-state index in [1.807, 2.05) is 6.08 Å². The van der Waals surface area contributed by atoms with Crippen molar-refractivity contribution in [3.8, 4) is 0 Å². The molecule has 0 aromatic carbocycles. The third-order valence-electron chi connectivity index (χ3n) is 1.66. The van der Waals surface area contributed by atoms with Gasteiger partial charge in [-0.15, -0.1) is 0 Å². The van der Waals surface area contributed by atoms with Crippen molar-refractivity contribution in [3.63, 3.8) is 0 Å². The molecular formula is C7H9Cl3. The Balaban J connectivity index is 2.62. The van der Waals surface area contributed by atoms with Crippen LogP contribution >= 0.6 is 34.8 Å². The van der Waals surface area contributed by atoms with Gasteiger partial charge in [-0.05, 0) is 31.3 Å². The highest BCUT2D eigenvalue weighted by molar-refractivity contribution is 6.69. The lowest BCUT2D eigenvalue weighted by Crippen LogP contribution is -2.09. The average Bonchev–Trinajstić information content (AvgIpc) is 1.88. The topological polar surface area (TPSA) is 0 Å². The summed E-state index contributed by atoms with van der Waals surface area (Å²) < 4.78 is -1.15. The SMILES string of the molecule is ClC(Cl)(Cl)C1=CCCCC1. The van der Waals surface area contributed by atoms with Gasteiger partial charge in [-0.2, -0.15) is 0 Å². The second-order valence-corrected chi connectivity index (χ2v) is 4.75. The molecule has 0 N–H and O–H groups in total. The van der Waals surface area contributed by atoms with E-state index in [1.54, 1.807) is 0 Å². The second-order valence-electron chi connectivity index (χ2n) is 2.47. The lowest BCUT2D eigenvalue weighted by molar-refractivity contribution is 0.692. The molecule has 0 aromatic heterocycles. The maximum Gasteiger partial charge on any atom is 0.212 e. The molecule has 1 aliphatic rings. The molecule has 0 aromatic rings. The van der Waals surface area contributed by atoms with E-state index in [1.165, 1.54) is 6.42 Å². The largest absolute Gasteiger partial charge is 0.212 e. The zero-order chi connectivity index (χ0) is 7.61. The van der Waals surface area contributed by atoms with Gasteiger partial charge in [0.25, 0.3) is 0 Å². The Kier molecular flexibility index (Phi) is 2.91. The van der Waals surface area contributed by atoms with Crippen molar-refractivity contribution in [1.29, 1.82) is 0 Å². The Labute approximate surface area is 76.1 Å². The zero-order valence-electron chi connectivity index (χ0n) is 5.54. The van der Waals surface area contributed by atoms with Crippen molar-refractivity contribution in [3.05, 3.63) is 11.6 Å². The Morgan fingerprint density at radius 3 is 2.20 bits per heavy atom. The fourth-order valence-corrected chi connectivity index (χ4v) is 1.61. The molecule has 0 fully saturated rings. The summed E-state index contributed by atoms with van der Waals surface area (Å²) in [5.41, 5.74) is 0.962. The molecule has 0 bridgehead atoms. The van der Waals surface area contributed by atoms with Crippen LogP contribution in [0, 0.1) is 0 Å². The highest BCUT2D eigenvalue weighted by Gasteiger charge is 2.25. The summed E-state index contributed by atoms with van der Waals surface area (Å²) in [5, 5.41) is 0. The number of halogens is 3. The van der Waals surface area contributed by atoms with E-state index in [0.29, 0.717) is 0 Å². The fourth-order valence-electron chi connectivity index (χ4n) is 1.10. The predicted octanol–water partition coefficient (Wildman–Crippen LogP) is 3.86. The molecule has 0 nitrogen and oxygen atoms in total. The van der Waals surface area contributed by atoms with Crippen molar-refractivity contribution in [2.45, 2.75) is 29.5 Å². The predicted molar refractivity (Wildman–Crippen MR) is 46.8 cm³/mol. The summed E-state index contributed by atoms with van der Waals surface area (Å²) in [6, 6.07) is 0. The van der Waals surface area contributed by atoms with Crippen LogP contribution in [0.3, 0.4) is 0 Å². The smallest absolute Gasteiger partial charge is 0.0811 e. The van der Waals surface area contributed by atoms with Gasteiger partial charge in [0.05, 0.1) is 0 Å². The van der Waals surface area contributed by atoms with Crippen LogP contribution in [0.25, 0.3) is 0 Å². The highest BCUT2D eigenvalue weighted by atomic mass is 35.6. The van der Waals surface area contributed by atoms with Crippen LogP contribution in [-0.4, -0.2) is 3.79 Å². The minimum Gasteiger partial charge on any atom is -0.0811 e. The zero-order valence-corrected chi connectivity index (χ0v) is 7.81. The maximum absolute atomic E-state index is 5.67. The average molecular weight is 200 g/mol. The van der Waals surface area contributed by atoms with Gasteiger partial charge in [0.1, 0.15) is 0 Å². The van der Waals surface area contributed by atoms with Crippen molar-refractivity contribution >= 4 is 34.8 Å². The van der Waals surface area contributed by atoms with E-state index in [-0.39, 0.29) is 0 Å². The molecule has 0 radical (unpaired) electrons. The number of allylic oxidation sites excluding steroid dienone is 2. The molecular weight excluding hydrogens is 190 g/mol. The number of alkyl halides is 3. The van der Waals surface area contributed by atoms with Gasteiger partial charge in [-0.25, -0.2) is 0 Å². The number of rotatable bonds is 0. The van der Waals surface area contributed by atoms with Gasteiger partial charge in [-0.3, -0.25) is 0 Å². The minimum absolute atomic E-state index is 0.941. The molecule has 0 atom stereocenters. The summed E-state index contributed by atoms with van der Waals surface area (Å²) in [6.45, 7) is 0. The molecule has 0 saturated carbocycles. The summed E-state index contributed by atoms with van der Waals surface area (Å²) in [4.78, 5) is 0. The van der Waals surface area contributed by atoms with Crippen molar-refractivity contribution in [2.24, 2.45) is 0 Å². The Bertz CT molecular complexity index is 143. The third kappa shape index (κ3) is 2.34. The maximum atomic E-state index is 5.67. The van der Waals surface area contributed by atoms with Crippen LogP contribution in [0.15, 0.2) is 11.6 Å². The van der Waals surface area contributed by atoms with E-state index in [2.05, 4.69) is 0 Å². The molecule has 1 rings (SSSR count). The standard InChI is InChI=1S/C7H9Cl3/c8-7(9,10)6-4-2-1-3-5-6/h4H,1-3,5H2. The molecule has 0 heterocycles. The first-order valence-electron chi connectivity index (χ1n) is 3.37.